The van der Waals surface area contributed by atoms with Crippen LogP contribution in [0.1, 0.15) is 43.9 Å². The molecule has 0 aromatic heterocycles. The van der Waals surface area contributed by atoms with E-state index in [0.29, 0.717) is 5.69 Å². The van der Waals surface area contributed by atoms with E-state index in [9.17, 15) is 8.78 Å². The molecular weight excluding hydrogens is 268 g/mol. The second-order valence-electron chi connectivity index (χ2n) is 6.36. The number of hydrogen-bond donors (Lipinski definition) is 1. The van der Waals surface area contributed by atoms with Gasteiger partial charge in [0.2, 0.25) is 0 Å². The zero-order chi connectivity index (χ0) is 15.0. The first-order valence-electron chi connectivity index (χ1n) is 7.28. The molecule has 0 aliphatic heterocycles. The van der Waals surface area contributed by atoms with Crippen LogP contribution in [-0.2, 0) is 5.41 Å². The predicted octanol–water partition coefficient (Wildman–Crippen LogP) is 5.19. The molecule has 0 saturated carbocycles. The van der Waals surface area contributed by atoms with E-state index in [1.165, 1.54) is 23.3 Å². The molecule has 110 valence electrons. The second kappa shape index (κ2) is 5.14. The van der Waals surface area contributed by atoms with Crippen molar-refractivity contribution in [3.63, 3.8) is 0 Å². The van der Waals surface area contributed by atoms with Crippen LogP contribution in [0, 0.1) is 11.6 Å². The molecule has 1 unspecified atom stereocenters. The van der Waals surface area contributed by atoms with Gasteiger partial charge in [-0.05, 0) is 41.5 Å². The van der Waals surface area contributed by atoms with Gasteiger partial charge in [-0.2, -0.15) is 0 Å². The largest absolute Gasteiger partial charge is 0.378 e. The van der Waals surface area contributed by atoms with Gasteiger partial charge in [0, 0.05) is 11.8 Å². The maximum atomic E-state index is 13.3. The normalized spacial score (nSPS) is 19.9. The minimum Gasteiger partial charge on any atom is -0.378 e. The second-order valence-corrected chi connectivity index (χ2v) is 6.36. The van der Waals surface area contributed by atoms with Gasteiger partial charge in [-0.15, -0.1) is 0 Å². The van der Waals surface area contributed by atoms with Crippen molar-refractivity contribution in [2.24, 2.45) is 0 Å². The molecule has 0 radical (unpaired) electrons. The summed E-state index contributed by atoms with van der Waals surface area (Å²) in [4.78, 5) is 0. The summed E-state index contributed by atoms with van der Waals surface area (Å²) in [6, 6.07) is 12.0. The number of rotatable bonds is 2. The Morgan fingerprint density at radius 2 is 1.71 bits per heavy atom. The molecule has 0 saturated heterocycles. The Morgan fingerprint density at radius 3 is 2.43 bits per heavy atom. The zero-order valence-corrected chi connectivity index (χ0v) is 12.3. The van der Waals surface area contributed by atoms with Gasteiger partial charge in [0.15, 0.2) is 0 Å². The highest BCUT2D eigenvalue weighted by Crippen LogP contribution is 2.42. The van der Waals surface area contributed by atoms with E-state index in [0.717, 1.165) is 18.9 Å². The molecular formula is C18H19F2N. The van der Waals surface area contributed by atoms with Crippen LogP contribution in [0.25, 0.3) is 0 Å². The average Bonchev–Trinajstić information content (AvgIpc) is 2.41. The van der Waals surface area contributed by atoms with Crippen LogP contribution in [0.3, 0.4) is 0 Å². The molecule has 0 bridgehead atoms. The van der Waals surface area contributed by atoms with E-state index >= 15 is 0 Å². The highest BCUT2D eigenvalue weighted by Gasteiger charge is 2.32. The van der Waals surface area contributed by atoms with Gasteiger partial charge >= 0.3 is 0 Å². The lowest BCUT2D eigenvalue weighted by molar-refractivity contribution is 0.406. The summed E-state index contributed by atoms with van der Waals surface area (Å²) in [7, 11) is 0. The highest BCUT2D eigenvalue weighted by atomic mass is 19.1. The maximum Gasteiger partial charge on any atom is 0.128 e. The monoisotopic (exact) mass is 287 g/mol. The Morgan fingerprint density at radius 1 is 1.05 bits per heavy atom. The summed E-state index contributed by atoms with van der Waals surface area (Å²) in [6.07, 6.45) is 1.99. The fourth-order valence-electron chi connectivity index (χ4n) is 3.20. The van der Waals surface area contributed by atoms with Gasteiger partial charge in [-0.1, -0.05) is 38.1 Å². The first-order valence-corrected chi connectivity index (χ1v) is 7.28. The van der Waals surface area contributed by atoms with Crippen LogP contribution in [0.2, 0.25) is 0 Å². The molecule has 3 heteroatoms. The van der Waals surface area contributed by atoms with Gasteiger partial charge in [0.05, 0.1) is 6.04 Å². The lowest BCUT2D eigenvalue weighted by Gasteiger charge is -2.37. The number of halogens is 2. The van der Waals surface area contributed by atoms with E-state index in [1.54, 1.807) is 0 Å². The summed E-state index contributed by atoms with van der Waals surface area (Å²) < 4.78 is 26.6. The fourth-order valence-corrected chi connectivity index (χ4v) is 3.20. The first-order chi connectivity index (χ1) is 9.95. The third-order valence-corrected chi connectivity index (χ3v) is 4.33. The molecule has 1 aliphatic carbocycles. The van der Waals surface area contributed by atoms with Crippen molar-refractivity contribution in [3.05, 3.63) is 65.2 Å². The smallest absolute Gasteiger partial charge is 0.128 e. The van der Waals surface area contributed by atoms with Crippen LogP contribution in [0.5, 0.6) is 0 Å². The summed E-state index contributed by atoms with van der Waals surface area (Å²) in [6.45, 7) is 4.48. The number of nitrogens with one attached hydrogen (secondary N) is 1. The van der Waals surface area contributed by atoms with Gasteiger partial charge in [0.1, 0.15) is 11.6 Å². The Balaban J connectivity index is 1.93. The summed E-state index contributed by atoms with van der Waals surface area (Å²) in [5, 5.41) is 3.28. The summed E-state index contributed by atoms with van der Waals surface area (Å²) >= 11 is 0. The van der Waals surface area contributed by atoms with Crippen molar-refractivity contribution < 1.29 is 8.78 Å². The van der Waals surface area contributed by atoms with Crippen molar-refractivity contribution in [1.82, 2.24) is 0 Å². The number of benzene rings is 2. The zero-order valence-electron chi connectivity index (χ0n) is 12.3. The molecule has 21 heavy (non-hydrogen) atoms. The van der Waals surface area contributed by atoms with E-state index in [-0.39, 0.29) is 11.5 Å². The molecule has 1 atom stereocenters. The average molecular weight is 287 g/mol. The van der Waals surface area contributed by atoms with Crippen molar-refractivity contribution in [1.29, 1.82) is 0 Å². The molecule has 0 fully saturated rings. The minimum atomic E-state index is -0.554. The van der Waals surface area contributed by atoms with Gasteiger partial charge in [-0.3, -0.25) is 0 Å². The molecule has 3 rings (SSSR count). The first kappa shape index (κ1) is 14.1. The van der Waals surface area contributed by atoms with Crippen molar-refractivity contribution >= 4 is 5.69 Å². The number of fused-ring (bicyclic) bond motifs is 1. The topological polar surface area (TPSA) is 12.0 Å². The Bertz CT molecular complexity index is 644. The fraction of sp³-hybridized carbons (Fsp3) is 0.333. The summed E-state index contributed by atoms with van der Waals surface area (Å²) in [5.74, 6) is -1.11. The molecule has 0 spiro atoms. The molecule has 1 N–H and O–H groups in total. The van der Waals surface area contributed by atoms with Crippen LogP contribution in [0.4, 0.5) is 14.5 Å². The standard InChI is InChI=1S/C18H19F2N/c1-18(2)8-7-17(15-5-3-4-6-16(15)18)21-14-10-12(19)9-13(20)11-14/h3-6,9-11,17,21H,7-8H2,1-2H3. The van der Waals surface area contributed by atoms with Crippen molar-refractivity contribution in [2.75, 3.05) is 5.32 Å². The van der Waals surface area contributed by atoms with Gasteiger partial charge < -0.3 is 5.32 Å². The Kier molecular flexibility index (Phi) is 3.44. The van der Waals surface area contributed by atoms with E-state index in [2.05, 4.69) is 31.3 Å². The van der Waals surface area contributed by atoms with Gasteiger partial charge in [-0.25, -0.2) is 8.78 Å². The third kappa shape index (κ3) is 2.78. The predicted molar refractivity (Wildman–Crippen MR) is 81.4 cm³/mol. The molecule has 0 heterocycles. The Labute approximate surface area is 124 Å². The lowest BCUT2D eigenvalue weighted by atomic mass is 9.71. The van der Waals surface area contributed by atoms with E-state index < -0.39 is 11.6 Å². The number of hydrogen-bond acceptors (Lipinski definition) is 1. The molecule has 0 amide bonds. The Hall–Kier alpha value is -1.90. The van der Waals surface area contributed by atoms with Crippen LogP contribution >= 0.6 is 0 Å². The van der Waals surface area contributed by atoms with Crippen molar-refractivity contribution in [2.45, 2.75) is 38.1 Å². The summed E-state index contributed by atoms with van der Waals surface area (Å²) in [5.41, 5.74) is 3.16. The molecule has 1 nitrogen and oxygen atoms in total. The maximum absolute atomic E-state index is 13.3. The van der Waals surface area contributed by atoms with Crippen LogP contribution in [-0.4, -0.2) is 0 Å². The van der Waals surface area contributed by atoms with E-state index in [1.807, 2.05) is 12.1 Å². The third-order valence-electron chi connectivity index (χ3n) is 4.33. The SMILES string of the molecule is CC1(C)CCC(Nc2cc(F)cc(F)c2)c2ccccc21. The van der Waals surface area contributed by atoms with Gasteiger partial charge in [0.25, 0.3) is 0 Å². The molecule has 2 aromatic rings. The highest BCUT2D eigenvalue weighted by molar-refractivity contribution is 5.49. The van der Waals surface area contributed by atoms with E-state index in [4.69, 9.17) is 0 Å². The molecule has 1 aliphatic rings. The minimum absolute atomic E-state index is 0.0930. The molecule has 2 aromatic carbocycles. The quantitative estimate of drug-likeness (QED) is 0.801. The van der Waals surface area contributed by atoms with Crippen LogP contribution in [0.15, 0.2) is 42.5 Å². The number of anilines is 1. The van der Waals surface area contributed by atoms with Crippen molar-refractivity contribution in [3.8, 4) is 0 Å². The van der Waals surface area contributed by atoms with Crippen LogP contribution < -0.4 is 5.32 Å². The lowest BCUT2D eigenvalue weighted by Crippen LogP contribution is -2.29.